The number of nitriles is 1. The average Bonchev–Trinajstić information content (AvgIpc) is 3.62. The van der Waals surface area contributed by atoms with E-state index in [0.29, 0.717) is 54.5 Å². The molecule has 0 spiro atoms. The smallest absolute Gasteiger partial charge is 0.295 e. The first-order chi connectivity index (χ1) is 17.6. The molecule has 1 N–H and O–H groups in total. The third-order valence-corrected chi connectivity index (χ3v) is 6.01. The fourth-order valence-electron chi connectivity index (χ4n) is 4.27. The van der Waals surface area contributed by atoms with E-state index in [1.807, 2.05) is 41.4 Å². The number of rotatable bonds is 5. The highest BCUT2D eigenvalue weighted by atomic mass is 16.5. The molecular weight excluding hydrogens is 462 g/mol. The van der Waals surface area contributed by atoms with Gasteiger partial charge >= 0.3 is 0 Å². The van der Waals surface area contributed by atoms with Gasteiger partial charge in [-0.15, -0.1) is 5.10 Å². The summed E-state index contributed by atoms with van der Waals surface area (Å²) in [5, 5.41) is 17.4. The molecule has 0 saturated carbocycles. The van der Waals surface area contributed by atoms with Crippen LogP contribution < -0.4 is 4.74 Å². The van der Waals surface area contributed by atoms with Gasteiger partial charge in [0, 0.05) is 37.9 Å². The number of Topliss-reactive ketones (excluding diaryl/α,β-unsaturated/α-hetero) is 1. The Morgan fingerprint density at radius 3 is 2.56 bits per heavy atom. The number of nitrogens with one attached hydrogen (secondary N) is 1. The largest absolute Gasteiger partial charge is 0.494 e. The topological polar surface area (TPSA) is 145 Å². The number of carbonyl (C=O) groups is 2. The molecule has 1 aromatic carbocycles. The van der Waals surface area contributed by atoms with Crippen molar-refractivity contribution in [1.29, 1.82) is 5.26 Å². The lowest BCUT2D eigenvalue weighted by atomic mass is 10.1. The number of pyridine rings is 1. The lowest BCUT2D eigenvalue weighted by Gasteiger charge is -2.36. The lowest BCUT2D eigenvalue weighted by molar-refractivity contribution is -0.127. The van der Waals surface area contributed by atoms with Gasteiger partial charge in [0.25, 0.3) is 11.7 Å². The predicted octanol–water partition coefficient (Wildman–Crippen LogP) is 1.41. The van der Waals surface area contributed by atoms with Gasteiger partial charge in [0.15, 0.2) is 5.82 Å². The van der Waals surface area contributed by atoms with Gasteiger partial charge in [-0.3, -0.25) is 9.59 Å². The molecule has 180 valence electrons. The van der Waals surface area contributed by atoms with Crippen LogP contribution in [0.3, 0.4) is 0 Å². The highest BCUT2D eigenvalue weighted by molar-refractivity contribution is 6.45. The number of amides is 1. The van der Waals surface area contributed by atoms with E-state index < -0.39 is 11.7 Å². The summed E-state index contributed by atoms with van der Waals surface area (Å²) in [5.74, 6) is 0.0592. The van der Waals surface area contributed by atoms with Crippen LogP contribution in [0, 0.1) is 11.5 Å². The number of piperazine rings is 1. The second-order valence-corrected chi connectivity index (χ2v) is 7.96. The van der Waals surface area contributed by atoms with Gasteiger partial charge < -0.3 is 19.5 Å². The van der Waals surface area contributed by atoms with E-state index in [1.165, 1.54) is 35.3 Å². The average molecular weight is 483 g/mol. The van der Waals surface area contributed by atoms with Gasteiger partial charge in [-0.25, -0.2) is 9.67 Å². The number of nitrogens with zero attached hydrogens (tertiary/aromatic N) is 8. The van der Waals surface area contributed by atoms with E-state index in [1.54, 1.807) is 6.20 Å². The van der Waals surface area contributed by atoms with Crippen LogP contribution in [-0.2, 0) is 4.79 Å². The molecule has 0 radical (unpaired) electrons. The van der Waals surface area contributed by atoms with Gasteiger partial charge in [-0.2, -0.15) is 10.3 Å². The van der Waals surface area contributed by atoms with Gasteiger partial charge in [-0.05, 0) is 0 Å². The number of benzene rings is 1. The zero-order chi connectivity index (χ0) is 25.1. The number of aliphatic imine (C=N–C) groups is 1. The number of H-pyrrole nitrogens is 1. The maximum atomic E-state index is 13.3. The number of hydrogen-bond acceptors (Lipinski definition) is 8. The van der Waals surface area contributed by atoms with Crippen LogP contribution in [0.5, 0.6) is 5.75 Å². The molecule has 0 atom stereocenters. The summed E-state index contributed by atoms with van der Waals surface area (Å²) in [5.41, 5.74) is 1.51. The zero-order valence-electron chi connectivity index (χ0n) is 19.3. The molecule has 1 aliphatic rings. The number of ether oxygens (including phenoxy) is 1. The fraction of sp³-hybridized carbons (Fsp3) is 0.208. The minimum atomic E-state index is -0.655. The standard InChI is InChI=1S/C24H21N9O3/c1-36-18-14-27-23(33-8-7-29-30-33)20-19(18)17(13-26-20)21(34)24(35)32-11-9-31(10-12-32)22(28-15-25)16-5-3-2-4-6-16/h2-8,13-14,26H,9-12H2,1H3/b28-22+. The van der Waals surface area contributed by atoms with Crippen LogP contribution in [0.1, 0.15) is 15.9 Å². The summed E-state index contributed by atoms with van der Waals surface area (Å²) in [4.78, 5) is 41.4. The number of aromatic amines is 1. The Labute approximate surface area is 205 Å². The molecule has 4 aromatic rings. The number of ketones is 1. The second-order valence-electron chi connectivity index (χ2n) is 7.96. The van der Waals surface area contributed by atoms with Crippen molar-refractivity contribution in [3.8, 4) is 17.8 Å². The molecule has 4 heterocycles. The van der Waals surface area contributed by atoms with Crippen LogP contribution >= 0.6 is 0 Å². The van der Waals surface area contributed by atoms with Crippen molar-refractivity contribution in [3.63, 3.8) is 0 Å². The Bertz CT molecular complexity index is 1480. The molecule has 12 nitrogen and oxygen atoms in total. The SMILES string of the molecule is COc1cnc(-n2ccnn2)c2[nH]cc(C(=O)C(=O)N3CCN(/C(=N/C#N)c4ccccc4)CC3)c12. The molecule has 3 aromatic heterocycles. The second kappa shape index (κ2) is 9.67. The first kappa shape index (κ1) is 22.7. The number of aromatic nitrogens is 5. The lowest BCUT2D eigenvalue weighted by Crippen LogP contribution is -2.52. The summed E-state index contributed by atoms with van der Waals surface area (Å²) < 4.78 is 6.89. The molecule has 5 rings (SSSR count). The monoisotopic (exact) mass is 483 g/mol. The highest BCUT2D eigenvalue weighted by Gasteiger charge is 2.31. The fourth-order valence-corrected chi connectivity index (χ4v) is 4.27. The number of carbonyl (C=O) groups excluding carboxylic acids is 2. The van der Waals surface area contributed by atoms with E-state index in [-0.39, 0.29) is 5.56 Å². The van der Waals surface area contributed by atoms with Gasteiger partial charge in [0.1, 0.15) is 11.6 Å². The molecule has 1 saturated heterocycles. The maximum Gasteiger partial charge on any atom is 0.295 e. The Kier molecular flexibility index (Phi) is 6.10. The van der Waals surface area contributed by atoms with Crippen molar-refractivity contribution in [2.75, 3.05) is 33.3 Å². The van der Waals surface area contributed by atoms with Crippen molar-refractivity contribution in [2.45, 2.75) is 0 Å². The van der Waals surface area contributed by atoms with E-state index >= 15 is 0 Å². The van der Waals surface area contributed by atoms with Crippen LogP contribution in [0.4, 0.5) is 0 Å². The van der Waals surface area contributed by atoms with E-state index in [4.69, 9.17) is 10.00 Å². The summed E-state index contributed by atoms with van der Waals surface area (Å²) in [6, 6.07) is 9.40. The van der Waals surface area contributed by atoms with Crippen LogP contribution in [0.25, 0.3) is 16.7 Å². The minimum Gasteiger partial charge on any atom is -0.494 e. The molecule has 12 heteroatoms. The Hall–Kier alpha value is -5.05. The predicted molar refractivity (Wildman–Crippen MR) is 129 cm³/mol. The zero-order valence-corrected chi connectivity index (χ0v) is 19.3. The van der Waals surface area contributed by atoms with Crippen molar-refractivity contribution in [3.05, 3.63) is 66.2 Å². The maximum absolute atomic E-state index is 13.3. The molecule has 36 heavy (non-hydrogen) atoms. The summed E-state index contributed by atoms with van der Waals surface area (Å²) in [7, 11) is 1.47. The third-order valence-electron chi connectivity index (χ3n) is 6.01. The van der Waals surface area contributed by atoms with Crippen molar-refractivity contribution in [2.24, 2.45) is 4.99 Å². The molecule has 0 aliphatic carbocycles. The molecular formula is C24H21N9O3. The first-order valence-electron chi connectivity index (χ1n) is 11.1. The minimum absolute atomic E-state index is 0.189. The quantitative estimate of drug-likeness (QED) is 0.147. The number of methoxy groups -OCH3 is 1. The molecule has 1 aliphatic heterocycles. The summed E-state index contributed by atoms with van der Waals surface area (Å²) in [6.07, 6.45) is 7.96. The number of hydrogen-bond donors (Lipinski definition) is 1. The van der Waals surface area contributed by atoms with Gasteiger partial charge in [0.05, 0.1) is 42.2 Å². The van der Waals surface area contributed by atoms with Crippen LogP contribution in [-0.4, -0.2) is 85.6 Å². The number of amidine groups is 1. The van der Waals surface area contributed by atoms with Crippen molar-refractivity contribution >= 4 is 28.4 Å². The summed E-state index contributed by atoms with van der Waals surface area (Å²) in [6.45, 7) is 1.50. The molecule has 1 amide bonds. The van der Waals surface area contributed by atoms with Crippen molar-refractivity contribution < 1.29 is 14.3 Å². The molecule has 1 fully saturated rings. The third kappa shape index (κ3) is 4.03. The van der Waals surface area contributed by atoms with Crippen LogP contribution in [0.2, 0.25) is 0 Å². The Balaban J connectivity index is 1.37. The van der Waals surface area contributed by atoms with E-state index in [2.05, 4.69) is 25.3 Å². The highest BCUT2D eigenvalue weighted by Crippen LogP contribution is 2.31. The normalized spacial score (nSPS) is 14.1. The molecule has 0 bridgehead atoms. The van der Waals surface area contributed by atoms with Crippen LogP contribution in [0.15, 0.2) is 60.1 Å². The Morgan fingerprint density at radius 1 is 1.14 bits per heavy atom. The molecule has 0 unspecified atom stereocenters. The van der Waals surface area contributed by atoms with Crippen molar-refractivity contribution in [1.82, 2.24) is 34.8 Å². The summed E-state index contributed by atoms with van der Waals surface area (Å²) >= 11 is 0. The van der Waals surface area contributed by atoms with Gasteiger partial charge in [0.2, 0.25) is 6.19 Å². The number of fused-ring (bicyclic) bond motifs is 1. The Morgan fingerprint density at radius 2 is 1.89 bits per heavy atom. The first-order valence-corrected chi connectivity index (χ1v) is 11.1. The van der Waals surface area contributed by atoms with E-state index in [9.17, 15) is 9.59 Å². The van der Waals surface area contributed by atoms with E-state index in [0.717, 1.165) is 5.56 Å². The van der Waals surface area contributed by atoms with Gasteiger partial charge in [-0.1, -0.05) is 35.5 Å².